The van der Waals surface area contributed by atoms with Crippen molar-refractivity contribution in [2.75, 3.05) is 13.2 Å². The second-order valence-corrected chi connectivity index (χ2v) is 6.37. The minimum absolute atomic E-state index is 0.0812. The number of ether oxygens (including phenoxy) is 2. The Morgan fingerprint density at radius 1 is 1.23 bits per heavy atom. The summed E-state index contributed by atoms with van der Waals surface area (Å²) in [4.78, 5) is 23.4. The largest absolute Gasteiger partial charge is 0.490 e. The molecule has 0 radical (unpaired) electrons. The zero-order chi connectivity index (χ0) is 19.7. The molecule has 2 N–H and O–H groups in total. The Bertz CT molecular complexity index is 655. The maximum atomic E-state index is 12.4. The van der Waals surface area contributed by atoms with Gasteiger partial charge >= 0.3 is 6.61 Å². The van der Waals surface area contributed by atoms with Crippen LogP contribution in [0, 0.1) is 0 Å². The number of hydrogen-bond acceptors (Lipinski definition) is 4. The molecule has 1 rings (SSSR count). The normalized spacial score (nSPS) is 11.5. The van der Waals surface area contributed by atoms with E-state index in [1.807, 2.05) is 20.8 Å². The van der Waals surface area contributed by atoms with Gasteiger partial charge in [0.2, 0.25) is 11.8 Å². The SMILES string of the molecule is CCOc1cc(/C=C/C(=O)NCC(=O)NC(C)(C)C)ccc1OC(F)F. The van der Waals surface area contributed by atoms with Crippen LogP contribution < -0.4 is 20.1 Å². The van der Waals surface area contributed by atoms with Crippen LogP contribution in [-0.2, 0) is 9.59 Å². The minimum atomic E-state index is -2.96. The molecule has 0 bridgehead atoms. The number of carbonyl (C=O) groups excluding carboxylic acids is 2. The van der Waals surface area contributed by atoms with Crippen molar-refractivity contribution in [3.05, 3.63) is 29.8 Å². The van der Waals surface area contributed by atoms with E-state index < -0.39 is 12.5 Å². The highest BCUT2D eigenvalue weighted by Crippen LogP contribution is 2.30. The lowest BCUT2D eigenvalue weighted by Crippen LogP contribution is -2.45. The van der Waals surface area contributed by atoms with Crippen LogP contribution in [0.5, 0.6) is 11.5 Å². The van der Waals surface area contributed by atoms with Gasteiger partial charge in [-0.25, -0.2) is 0 Å². The molecule has 144 valence electrons. The molecule has 0 spiro atoms. The Morgan fingerprint density at radius 3 is 2.50 bits per heavy atom. The molecule has 6 nitrogen and oxygen atoms in total. The van der Waals surface area contributed by atoms with Crippen LogP contribution in [0.25, 0.3) is 6.08 Å². The fraction of sp³-hybridized carbons (Fsp3) is 0.444. The third-order valence-corrected chi connectivity index (χ3v) is 2.85. The number of benzene rings is 1. The molecule has 26 heavy (non-hydrogen) atoms. The van der Waals surface area contributed by atoms with E-state index in [-0.39, 0.29) is 36.1 Å². The van der Waals surface area contributed by atoms with Crippen molar-refractivity contribution in [2.45, 2.75) is 39.8 Å². The molecule has 0 saturated heterocycles. The summed E-state index contributed by atoms with van der Waals surface area (Å²) >= 11 is 0. The molecule has 2 amide bonds. The summed E-state index contributed by atoms with van der Waals surface area (Å²) in [7, 11) is 0. The topological polar surface area (TPSA) is 76.7 Å². The highest BCUT2D eigenvalue weighted by molar-refractivity contribution is 5.94. The molecule has 0 heterocycles. The van der Waals surface area contributed by atoms with Gasteiger partial charge in [0.1, 0.15) is 0 Å². The van der Waals surface area contributed by atoms with Crippen LogP contribution in [0.2, 0.25) is 0 Å². The van der Waals surface area contributed by atoms with Gasteiger partial charge in [-0.05, 0) is 51.5 Å². The minimum Gasteiger partial charge on any atom is -0.490 e. The van der Waals surface area contributed by atoms with E-state index in [0.717, 1.165) is 0 Å². The molecule has 0 unspecified atom stereocenters. The lowest BCUT2D eigenvalue weighted by atomic mass is 10.1. The van der Waals surface area contributed by atoms with Gasteiger partial charge in [0.05, 0.1) is 13.2 Å². The van der Waals surface area contributed by atoms with Gasteiger partial charge in [0.15, 0.2) is 11.5 Å². The molecule has 0 atom stereocenters. The van der Waals surface area contributed by atoms with E-state index in [1.165, 1.54) is 30.4 Å². The van der Waals surface area contributed by atoms with Gasteiger partial charge < -0.3 is 20.1 Å². The standard InChI is InChI=1S/C18H24F2N2O4/c1-5-25-14-10-12(6-8-13(14)26-17(19)20)7-9-15(23)21-11-16(24)22-18(2,3)4/h6-10,17H,5,11H2,1-4H3,(H,21,23)(H,22,24)/b9-7+. The monoisotopic (exact) mass is 370 g/mol. The molecule has 0 aromatic heterocycles. The maximum absolute atomic E-state index is 12.4. The van der Waals surface area contributed by atoms with E-state index >= 15 is 0 Å². The van der Waals surface area contributed by atoms with Crippen LogP contribution in [0.3, 0.4) is 0 Å². The quantitative estimate of drug-likeness (QED) is 0.690. The Morgan fingerprint density at radius 2 is 1.92 bits per heavy atom. The number of amides is 2. The fourth-order valence-electron chi connectivity index (χ4n) is 1.95. The molecule has 0 aliphatic rings. The van der Waals surface area contributed by atoms with Crippen molar-refractivity contribution in [2.24, 2.45) is 0 Å². The van der Waals surface area contributed by atoms with Crippen LogP contribution in [0.15, 0.2) is 24.3 Å². The van der Waals surface area contributed by atoms with Crippen molar-refractivity contribution in [3.8, 4) is 11.5 Å². The van der Waals surface area contributed by atoms with E-state index in [1.54, 1.807) is 6.92 Å². The number of alkyl halides is 2. The van der Waals surface area contributed by atoms with Gasteiger partial charge in [-0.2, -0.15) is 8.78 Å². The second kappa shape index (κ2) is 9.74. The zero-order valence-corrected chi connectivity index (χ0v) is 15.3. The highest BCUT2D eigenvalue weighted by Gasteiger charge is 2.14. The van der Waals surface area contributed by atoms with Crippen molar-refractivity contribution >= 4 is 17.9 Å². The summed E-state index contributed by atoms with van der Waals surface area (Å²) in [6.45, 7) is 4.39. The summed E-state index contributed by atoms with van der Waals surface area (Å²) in [5, 5.41) is 5.18. The molecule has 0 fully saturated rings. The molecular formula is C18H24F2N2O4. The first-order chi connectivity index (χ1) is 12.1. The van der Waals surface area contributed by atoms with Crippen LogP contribution in [-0.4, -0.2) is 37.1 Å². The van der Waals surface area contributed by atoms with Gasteiger partial charge in [-0.3, -0.25) is 9.59 Å². The highest BCUT2D eigenvalue weighted by atomic mass is 19.3. The Hall–Kier alpha value is -2.64. The van der Waals surface area contributed by atoms with Crippen LogP contribution in [0.1, 0.15) is 33.3 Å². The predicted molar refractivity (Wildman–Crippen MR) is 94.2 cm³/mol. The number of rotatable bonds is 8. The van der Waals surface area contributed by atoms with Crippen LogP contribution in [0.4, 0.5) is 8.78 Å². The molecule has 1 aromatic carbocycles. The fourth-order valence-corrected chi connectivity index (χ4v) is 1.95. The average Bonchev–Trinajstić information content (AvgIpc) is 2.51. The smallest absolute Gasteiger partial charge is 0.387 e. The molecule has 0 aliphatic heterocycles. The van der Waals surface area contributed by atoms with Crippen molar-refractivity contribution in [1.29, 1.82) is 0 Å². The Kier molecular flexibility index (Phi) is 8.02. The summed E-state index contributed by atoms with van der Waals surface area (Å²) in [5.41, 5.74) is 0.180. The predicted octanol–water partition coefficient (Wildman–Crippen LogP) is 2.73. The lowest BCUT2D eigenvalue weighted by molar-refractivity contribution is -0.124. The third kappa shape index (κ3) is 8.46. The molecular weight excluding hydrogens is 346 g/mol. The second-order valence-electron chi connectivity index (χ2n) is 6.37. The van der Waals surface area contributed by atoms with E-state index in [2.05, 4.69) is 15.4 Å². The average molecular weight is 370 g/mol. The number of hydrogen-bond donors (Lipinski definition) is 2. The van der Waals surface area contributed by atoms with Gasteiger partial charge in [0.25, 0.3) is 0 Å². The summed E-state index contributed by atoms with van der Waals surface area (Å²) in [5.74, 6) is -0.687. The van der Waals surface area contributed by atoms with Gasteiger partial charge in [-0.1, -0.05) is 6.07 Å². The molecule has 8 heteroatoms. The molecule has 0 saturated carbocycles. The maximum Gasteiger partial charge on any atom is 0.387 e. The Labute approximate surface area is 151 Å². The molecule has 0 aliphatic carbocycles. The van der Waals surface area contributed by atoms with E-state index in [9.17, 15) is 18.4 Å². The summed E-state index contributed by atoms with van der Waals surface area (Å²) in [6.07, 6.45) is 2.72. The van der Waals surface area contributed by atoms with Crippen LogP contribution >= 0.6 is 0 Å². The van der Waals surface area contributed by atoms with E-state index in [0.29, 0.717) is 5.56 Å². The molecule has 1 aromatic rings. The number of nitrogens with one attached hydrogen (secondary N) is 2. The lowest BCUT2D eigenvalue weighted by Gasteiger charge is -2.20. The van der Waals surface area contributed by atoms with Crippen molar-refractivity contribution in [3.63, 3.8) is 0 Å². The first-order valence-electron chi connectivity index (χ1n) is 8.09. The number of halogens is 2. The third-order valence-electron chi connectivity index (χ3n) is 2.85. The first-order valence-corrected chi connectivity index (χ1v) is 8.09. The Balaban J connectivity index is 2.67. The first kappa shape index (κ1) is 21.4. The van der Waals surface area contributed by atoms with Gasteiger partial charge in [0, 0.05) is 11.6 Å². The number of carbonyl (C=O) groups is 2. The van der Waals surface area contributed by atoms with Crippen molar-refractivity contribution < 1.29 is 27.8 Å². The van der Waals surface area contributed by atoms with Gasteiger partial charge in [-0.15, -0.1) is 0 Å². The summed E-state index contributed by atoms with van der Waals surface area (Å²) < 4.78 is 34.4. The zero-order valence-electron chi connectivity index (χ0n) is 15.3. The summed E-state index contributed by atoms with van der Waals surface area (Å²) in [6, 6.07) is 4.33. The van der Waals surface area contributed by atoms with E-state index in [4.69, 9.17) is 4.74 Å². The van der Waals surface area contributed by atoms with Crippen molar-refractivity contribution in [1.82, 2.24) is 10.6 Å².